The Labute approximate surface area is 125 Å². The first-order valence-electron chi connectivity index (χ1n) is 8.01. The van der Waals surface area contributed by atoms with Gasteiger partial charge >= 0.3 is 0 Å². The number of rotatable bonds is 5. The normalized spacial score (nSPS) is 16.6. The van der Waals surface area contributed by atoms with E-state index < -0.39 is 0 Å². The highest BCUT2D eigenvalue weighted by Crippen LogP contribution is 2.29. The quantitative estimate of drug-likeness (QED) is 0.885. The molecule has 2 N–H and O–H groups in total. The molecule has 6 heteroatoms. The highest BCUT2D eigenvalue weighted by Gasteiger charge is 2.22. The topological polar surface area (TPSA) is 69.7 Å². The molecule has 1 fully saturated rings. The Morgan fingerprint density at radius 1 is 1.29 bits per heavy atom. The predicted octanol–water partition coefficient (Wildman–Crippen LogP) is 2.80. The molecule has 0 aliphatic carbocycles. The average Bonchev–Trinajstić information content (AvgIpc) is 2.96. The van der Waals surface area contributed by atoms with Crippen molar-refractivity contribution in [3.8, 4) is 0 Å². The smallest absolute Gasteiger partial charge is 0.226 e. The number of aromatic amines is 1. The highest BCUT2D eigenvalue weighted by atomic mass is 15.3. The minimum atomic E-state index is 0.680. The summed E-state index contributed by atoms with van der Waals surface area (Å²) in [4.78, 5) is 11.5. The van der Waals surface area contributed by atoms with E-state index in [9.17, 15) is 0 Å². The Hall–Kier alpha value is -1.85. The van der Waals surface area contributed by atoms with Gasteiger partial charge in [-0.15, -0.1) is 0 Å². The molecule has 3 heterocycles. The number of hydrogen-bond acceptors (Lipinski definition) is 5. The number of anilines is 2. The second-order valence-electron chi connectivity index (χ2n) is 5.75. The molecule has 114 valence electrons. The number of fused-ring (bicyclic) bond motifs is 1. The first-order valence-corrected chi connectivity index (χ1v) is 8.01. The van der Waals surface area contributed by atoms with Crippen LogP contribution in [0.15, 0.2) is 6.20 Å². The van der Waals surface area contributed by atoms with Crippen LogP contribution >= 0.6 is 0 Å². The molecule has 6 nitrogen and oxygen atoms in total. The van der Waals surface area contributed by atoms with E-state index in [2.05, 4.69) is 39.2 Å². The van der Waals surface area contributed by atoms with Crippen LogP contribution in [0.25, 0.3) is 11.0 Å². The summed E-state index contributed by atoms with van der Waals surface area (Å²) in [6.45, 7) is 7.30. The van der Waals surface area contributed by atoms with Crippen molar-refractivity contribution in [3.63, 3.8) is 0 Å². The van der Waals surface area contributed by atoms with Gasteiger partial charge in [0.1, 0.15) is 5.82 Å². The van der Waals surface area contributed by atoms with Gasteiger partial charge in [0.25, 0.3) is 0 Å². The lowest BCUT2D eigenvalue weighted by molar-refractivity contribution is 0.378. The molecule has 0 spiro atoms. The summed E-state index contributed by atoms with van der Waals surface area (Å²) in [7, 11) is 0. The Morgan fingerprint density at radius 2 is 2.10 bits per heavy atom. The first kappa shape index (κ1) is 14.1. The average molecular weight is 288 g/mol. The third-order valence-corrected chi connectivity index (χ3v) is 4.24. The van der Waals surface area contributed by atoms with Gasteiger partial charge < -0.3 is 10.2 Å². The zero-order chi connectivity index (χ0) is 14.7. The van der Waals surface area contributed by atoms with E-state index in [1.807, 2.05) is 6.20 Å². The maximum absolute atomic E-state index is 4.70. The Kier molecular flexibility index (Phi) is 4.22. The van der Waals surface area contributed by atoms with Crippen molar-refractivity contribution in [1.82, 2.24) is 20.2 Å². The summed E-state index contributed by atoms with van der Waals surface area (Å²) in [5.41, 5.74) is 0.812. The van der Waals surface area contributed by atoms with Gasteiger partial charge in [-0.3, -0.25) is 5.10 Å². The largest absolute Gasteiger partial charge is 0.356 e. The highest BCUT2D eigenvalue weighted by molar-refractivity contribution is 5.87. The number of H-pyrrole nitrogens is 1. The van der Waals surface area contributed by atoms with Gasteiger partial charge in [-0.2, -0.15) is 15.1 Å². The van der Waals surface area contributed by atoms with Crippen molar-refractivity contribution in [3.05, 3.63) is 6.20 Å². The van der Waals surface area contributed by atoms with Crippen molar-refractivity contribution < 1.29 is 0 Å². The van der Waals surface area contributed by atoms with Gasteiger partial charge in [-0.1, -0.05) is 19.8 Å². The van der Waals surface area contributed by atoms with Gasteiger partial charge in [0, 0.05) is 19.6 Å². The number of nitrogens with one attached hydrogen (secondary N) is 2. The van der Waals surface area contributed by atoms with Crippen LogP contribution in [0.4, 0.5) is 11.8 Å². The molecule has 1 aliphatic heterocycles. The molecule has 21 heavy (non-hydrogen) atoms. The van der Waals surface area contributed by atoms with Crippen molar-refractivity contribution in [2.75, 3.05) is 29.9 Å². The zero-order valence-electron chi connectivity index (χ0n) is 12.9. The van der Waals surface area contributed by atoms with Crippen LogP contribution in [0, 0.1) is 5.92 Å². The maximum Gasteiger partial charge on any atom is 0.226 e. The summed E-state index contributed by atoms with van der Waals surface area (Å²) in [5, 5.41) is 11.3. The van der Waals surface area contributed by atoms with E-state index in [1.165, 1.54) is 25.7 Å². The lowest BCUT2D eigenvalue weighted by Gasteiger charge is -2.33. The van der Waals surface area contributed by atoms with Gasteiger partial charge in [-0.05, 0) is 25.7 Å². The van der Waals surface area contributed by atoms with Crippen LogP contribution in [0.2, 0.25) is 0 Å². The van der Waals surface area contributed by atoms with Gasteiger partial charge in [0.05, 0.1) is 11.6 Å². The van der Waals surface area contributed by atoms with Crippen molar-refractivity contribution in [2.24, 2.45) is 5.92 Å². The van der Waals surface area contributed by atoms with Crippen molar-refractivity contribution in [1.29, 1.82) is 0 Å². The SMILES string of the molecule is CCCC1CCN(c2nc(NCC)nc3[nH]ncc23)CC1. The molecule has 1 saturated heterocycles. The molecule has 1 aliphatic rings. The molecule has 0 unspecified atom stereocenters. The minimum Gasteiger partial charge on any atom is -0.356 e. The molecule has 0 atom stereocenters. The fraction of sp³-hybridized carbons (Fsp3) is 0.667. The van der Waals surface area contributed by atoms with Crippen LogP contribution in [-0.2, 0) is 0 Å². The molecule has 0 saturated carbocycles. The fourth-order valence-corrected chi connectivity index (χ4v) is 3.14. The second-order valence-corrected chi connectivity index (χ2v) is 5.75. The molecule has 3 rings (SSSR count). The second kappa shape index (κ2) is 6.28. The van der Waals surface area contributed by atoms with E-state index >= 15 is 0 Å². The van der Waals surface area contributed by atoms with Gasteiger partial charge in [-0.25, -0.2) is 0 Å². The van der Waals surface area contributed by atoms with E-state index in [-0.39, 0.29) is 0 Å². The predicted molar refractivity (Wildman–Crippen MR) is 85.7 cm³/mol. The lowest BCUT2D eigenvalue weighted by atomic mass is 9.92. The number of hydrogen-bond donors (Lipinski definition) is 2. The number of piperidine rings is 1. The molecule has 0 bridgehead atoms. The van der Waals surface area contributed by atoms with Crippen LogP contribution in [-0.4, -0.2) is 39.8 Å². The number of aromatic nitrogens is 4. The Balaban J connectivity index is 1.84. The molecular formula is C15H24N6. The van der Waals surface area contributed by atoms with Crippen LogP contribution < -0.4 is 10.2 Å². The van der Waals surface area contributed by atoms with E-state index in [1.54, 1.807) is 0 Å². The van der Waals surface area contributed by atoms with Gasteiger partial charge in [0.2, 0.25) is 5.95 Å². The lowest BCUT2D eigenvalue weighted by Crippen LogP contribution is -2.34. The summed E-state index contributed by atoms with van der Waals surface area (Å²) >= 11 is 0. The molecule has 2 aromatic heterocycles. The fourth-order valence-electron chi connectivity index (χ4n) is 3.14. The van der Waals surface area contributed by atoms with E-state index in [4.69, 9.17) is 4.98 Å². The first-order chi connectivity index (χ1) is 10.3. The minimum absolute atomic E-state index is 0.680. The van der Waals surface area contributed by atoms with Crippen molar-refractivity contribution in [2.45, 2.75) is 39.5 Å². The summed E-state index contributed by atoms with van der Waals surface area (Å²) in [6, 6.07) is 0. The third-order valence-electron chi connectivity index (χ3n) is 4.24. The molecule has 2 aromatic rings. The number of nitrogens with zero attached hydrogens (tertiary/aromatic N) is 4. The van der Waals surface area contributed by atoms with Crippen LogP contribution in [0.1, 0.15) is 39.5 Å². The van der Waals surface area contributed by atoms with E-state index in [0.29, 0.717) is 5.95 Å². The molecule has 0 aromatic carbocycles. The van der Waals surface area contributed by atoms with E-state index in [0.717, 1.165) is 42.4 Å². The third kappa shape index (κ3) is 2.94. The Morgan fingerprint density at radius 3 is 2.81 bits per heavy atom. The Bertz CT molecular complexity index is 585. The van der Waals surface area contributed by atoms with Crippen LogP contribution in [0.5, 0.6) is 0 Å². The van der Waals surface area contributed by atoms with Crippen molar-refractivity contribution >= 4 is 22.8 Å². The van der Waals surface area contributed by atoms with Crippen LogP contribution in [0.3, 0.4) is 0 Å². The molecular weight excluding hydrogens is 264 g/mol. The molecule has 0 amide bonds. The summed E-state index contributed by atoms with van der Waals surface area (Å²) < 4.78 is 0. The summed E-state index contributed by atoms with van der Waals surface area (Å²) in [5.74, 6) is 2.57. The zero-order valence-corrected chi connectivity index (χ0v) is 12.9. The standard InChI is InChI=1S/C15H24N6/c1-3-5-11-6-8-21(9-7-11)14-12-10-17-20-13(12)18-15(19-14)16-4-2/h10-11H,3-9H2,1-2H3,(H2,16,17,18,19,20). The van der Waals surface area contributed by atoms with Gasteiger partial charge in [0.15, 0.2) is 5.65 Å². The molecule has 0 radical (unpaired) electrons. The monoisotopic (exact) mass is 288 g/mol. The maximum atomic E-state index is 4.70. The summed E-state index contributed by atoms with van der Waals surface area (Å²) in [6.07, 6.45) is 6.98.